The van der Waals surface area contributed by atoms with Gasteiger partial charge in [-0.15, -0.1) is 0 Å². The molecule has 3 rings (SSSR count). The number of aliphatic hydroxyl groups is 3. The second-order valence-electron chi connectivity index (χ2n) is 11.7. The standard InChI is InChI=1S/C28H46O3/c1-18(2)28(6,31)15-13-19(3)24-11-12-25-21(8-7-14-27(24,25)5)9-10-22-16-23(29)17-26(30)20(22)4/h9-10,18-19,23-26,29-31H,4,7-8,11-17H2,1-3,5-6H3/t19-,23+,24?,25+,26+,27-,28?/m1/s1. The first-order valence-corrected chi connectivity index (χ1v) is 12.6. The summed E-state index contributed by atoms with van der Waals surface area (Å²) < 4.78 is 0. The van der Waals surface area contributed by atoms with Crippen molar-refractivity contribution in [3.05, 3.63) is 35.5 Å². The molecule has 3 saturated carbocycles. The van der Waals surface area contributed by atoms with Crippen LogP contribution in [0.15, 0.2) is 35.5 Å². The Bertz CT molecular complexity index is 716. The van der Waals surface area contributed by atoms with Crippen LogP contribution in [0.2, 0.25) is 0 Å². The van der Waals surface area contributed by atoms with Gasteiger partial charge in [0.2, 0.25) is 0 Å². The summed E-state index contributed by atoms with van der Waals surface area (Å²) in [7, 11) is 0. The number of aliphatic hydroxyl groups excluding tert-OH is 2. The van der Waals surface area contributed by atoms with Crippen molar-refractivity contribution in [3.63, 3.8) is 0 Å². The molecule has 3 nitrogen and oxygen atoms in total. The highest BCUT2D eigenvalue weighted by molar-refractivity contribution is 5.38. The van der Waals surface area contributed by atoms with Gasteiger partial charge >= 0.3 is 0 Å². The van der Waals surface area contributed by atoms with Gasteiger partial charge in [0.05, 0.1) is 17.8 Å². The minimum Gasteiger partial charge on any atom is -0.393 e. The largest absolute Gasteiger partial charge is 0.393 e. The Hall–Kier alpha value is -0.900. The van der Waals surface area contributed by atoms with Gasteiger partial charge in [0, 0.05) is 6.42 Å². The second-order valence-corrected chi connectivity index (χ2v) is 11.7. The predicted molar refractivity (Wildman–Crippen MR) is 129 cm³/mol. The summed E-state index contributed by atoms with van der Waals surface area (Å²) in [6.07, 6.45) is 12.5. The van der Waals surface area contributed by atoms with Crippen molar-refractivity contribution in [1.29, 1.82) is 0 Å². The van der Waals surface area contributed by atoms with Gasteiger partial charge in [-0.1, -0.05) is 52.0 Å². The van der Waals surface area contributed by atoms with Crippen LogP contribution in [0.5, 0.6) is 0 Å². The summed E-state index contributed by atoms with van der Waals surface area (Å²) in [4.78, 5) is 0. The van der Waals surface area contributed by atoms with Crippen LogP contribution in [0.25, 0.3) is 0 Å². The molecular weight excluding hydrogens is 384 g/mol. The Balaban J connectivity index is 1.73. The fourth-order valence-corrected chi connectivity index (χ4v) is 6.69. The molecule has 7 atom stereocenters. The van der Waals surface area contributed by atoms with Crippen LogP contribution in [0, 0.1) is 29.1 Å². The molecule has 3 aliphatic carbocycles. The summed E-state index contributed by atoms with van der Waals surface area (Å²) in [6.45, 7) is 15.2. The molecule has 0 spiro atoms. The molecule has 0 bridgehead atoms. The zero-order valence-electron chi connectivity index (χ0n) is 20.5. The lowest BCUT2D eigenvalue weighted by molar-refractivity contribution is -0.00642. The van der Waals surface area contributed by atoms with Gasteiger partial charge in [-0.3, -0.25) is 0 Å². The third kappa shape index (κ3) is 5.20. The zero-order valence-corrected chi connectivity index (χ0v) is 20.5. The molecule has 0 aliphatic heterocycles. The maximum Gasteiger partial charge on any atom is 0.0811 e. The Labute approximate surface area is 190 Å². The minimum atomic E-state index is -0.621. The van der Waals surface area contributed by atoms with Crippen LogP contribution in [0.1, 0.15) is 92.4 Å². The van der Waals surface area contributed by atoms with Crippen molar-refractivity contribution >= 4 is 0 Å². The number of hydrogen-bond donors (Lipinski definition) is 3. The van der Waals surface area contributed by atoms with E-state index in [1.807, 2.05) is 6.92 Å². The number of allylic oxidation sites excluding steroid dienone is 3. The molecule has 3 heteroatoms. The van der Waals surface area contributed by atoms with E-state index in [0.29, 0.717) is 36.0 Å². The lowest BCUT2D eigenvalue weighted by Crippen LogP contribution is -2.37. The van der Waals surface area contributed by atoms with E-state index in [1.165, 1.54) is 25.7 Å². The molecule has 0 aromatic carbocycles. The number of hydrogen-bond acceptors (Lipinski definition) is 3. The highest BCUT2D eigenvalue weighted by Gasteiger charge is 2.50. The van der Waals surface area contributed by atoms with Gasteiger partial charge in [-0.25, -0.2) is 0 Å². The molecule has 3 N–H and O–H groups in total. The van der Waals surface area contributed by atoms with Gasteiger partial charge in [0.25, 0.3) is 0 Å². The van der Waals surface area contributed by atoms with Crippen LogP contribution in [-0.2, 0) is 0 Å². The first kappa shape index (κ1) is 24.7. The highest BCUT2D eigenvalue weighted by Crippen LogP contribution is 2.60. The Kier molecular flexibility index (Phi) is 7.61. The summed E-state index contributed by atoms with van der Waals surface area (Å²) in [6, 6.07) is 0. The van der Waals surface area contributed by atoms with E-state index in [0.717, 1.165) is 30.4 Å². The zero-order chi connectivity index (χ0) is 23.0. The Morgan fingerprint density at radius 2 is 1.90 bits per heavy atom. The van der Waals surface area contributed by atoms with Crippen LogP contribution in [0.3, 0.4) is 0 Å². The quantitative estimate of drug-likeness (QED) is 0.488. The monoisotopic (exact) mass is 430 g/mol. The lowest BCUT2D eigenvalue weighted by atomic mass is 9.60. The van der Waals surface area contributed by atoms with E-state index in [-0.39, 0.29) is 5.92 Å². The van der Waals surface area contributed by atoms with Gasteiger partial charge < -0.3 is 15.3 Å². The number of fused-ring (bicyclic) bond motifs is 1. The lowest BCUT2D eigenvalue weighted by Gasteiger charge is -2.45. The van der Waals surface area contributed by atoms with Gasteiger partial charge in [0.1, 0.15) is 0 Å². The maximum atomic E-state index is 10.7. The highest BCUT2D eigenvalue weighted by atomic mass is 16.3. The van der Waals surface area contributed by atoms with Crippen LogP contribution in [0.4, 0.5) is 0 Å². The van der Waals surface area contributed by atoms with Crippen molar-refractivity contribution in [3.8, 4) is 0 Å². The molecule has 0 heterocycles. The third-order valence-corrected chi connectivity index (χ3v) is 9.34. The Morgan fingerprint density at radius 1 is 1.19 bits per heavy atom. The molecule has 0 amide bonds. The SMILES string of the molecule is C=C1C(=CC=C2CCC[C@]3(C)C([C@H](C)CCC(C)(O)C(C)C)CC[C@@H]23)C[C@H](O)C[C@@H]1O. The van der Waals surface area contributed by atoms with Crippen molar-refractivity contribution in [2.24, 2.45) is 29.1 Å². The van der Waals surface area contributed by atoms with Gasteiger partial charge in [-0.05, 0) is 98.5 Å². The van der Waals surface area contributed by atoms with Crippen molar-refractivity contribution in [1.82, 2.24) is 0 Å². The molecule has 3 aliphatic rings. The smallest absolute Gasteiger partial charge is 0.0811 e. The summed E-state index contributed by atoms with van der Waals surface area (Å²) in [5.41, 5.74) is 3.09. The normalized spacial score (nSPS) is 39.7. The third-order valence-electron chi connectivity index (χ3n) is 9.34. The summed E-state index contributed by atoms with van der Waals surface area (Å²) in [5, 5.41) is 30.9. The molecule has 2 unspecified atom stereocenters. The van der Waals surface area contributed by atoms with Crippen molar-refractivity contribution < 1.29 is 15.3 Å². The Morgan fingerprint density at radius 3 is 2.58 bits per heavy atom. The van der Waals surface area contributed by atoms with Crippen LogP contribution >= 0.6 is 0 Å². The molecule has 0 aromatic rings. The first-order chi connectivity index (χ1) is 14.5. The minimum absolute atomic E-state index is 0.287. The van der Waals surface area contributed by atoms with E-state index in [1.54, 1.807) is 5.57 Å². The fraction of sp³-hybridized carbons (Fsp3) is 0.786. The average Bonchev–Trinajstić information content (AvgIpc) is 3.05. The van der Waals surface area contributed by atoms with Crippen molar-refractivity contribution in [2.75, 3.05) is 0 Å². The molecule has 0 saturated heterocycles. The van der Waals surface area contributed by atoms with E-state index in [4.69, 9.17) is 0 Å². The molecule has 176 valence electrons. The van der Waals surface area contributed by atoms with E-state index in [9.17, 15) is 15.3 Å². The first-order valence-electron chi connectivity index (χ1n) is 12.6. The maximum absolute atomic E-state index is 10.7. The van der Waals surface area contributed by atoms with Crippen LogP contribution < -0.4 is 0 Å². The average molecular weight is 431 g/mol. The predicted octanol–water partition coefficient (Wildman–Crippen LogP) is 5.95. The van der Waals surface area contributed by atoms with E-state index in [2.05, 4.69) is 46.4 Å². The van der Waals surface area contributed by atoms with E-state index < -0.39 is 17.8 Å². The molecular formula is C28H46O3. The summed E-state index contributed by atoms with van der Waals surface area (Å²) >= 11 is 0. The molecule has 0 aromatic heterocycles. The van der Waals surface area contributed by atoms with Gasteiger partial charge in [-0.2, -0.15) is 0 Å². The molecule has 31 heavy (non-hydrogen) atoms. The molecule has 3 fully saturated rings. The molecule has 0 radical (unpaired) electrons. The number of rotatable bonds is 6. The summed E-state index contributed by atoms with van der Waals surface area (Å²) in [5.74, 6) is 2.25. The van der Waals surface area contributed by atoms with E-state index >= 15 is 0 Å². The second kappa shape index (κ2) is 9.53. The van der Waals surface area contributed by atoms with Crippen LogP contribution in [-0.4, -0.2) is 33.1 Å². The topological polar surface area (TPSA) is 60.7 Å². The fourth-order valence-electron chi connectivity index (χ4n) is 6.69. The van der Waals surface area contributed by atoms with Crippen molar-refractivity contribution in [2.45, 2.75) is 110 Å². The van der Waals surface area contributed by atoms with Gasteiger partial charge in [0.15, 0.2) is 0 Å².